The van der Waals surface area contributed by atoms with Gasteiger partial charge >= 0.3 is 0 Å². The molecule has 3 aromatic rings. The zero-order valence-corrected chi connectivity index (χ0v) is 16.1. The Labute approximate surface area is 165 Å². The molecule has 0 aliphatic carbocycles. The summed E-state index contributed by atoms with van der Waals surface area (Å²) in [4.78, 5) is 21.6. The molecule has 1 aliphatic heterocycles. The molecule has 144 valence electrons. The minimum atomic E-state index is -0.0813. The van der Waals surface area contributed by atoms with E-state index in [0.717, 1.165) is 43.2 Å². The maximum atomic E-state index is 12.4. The number of benzene rings is 1. The topological polar surface area (TPSA) is 53.4 Å². The molecule has 0 spiro atoms. The molecule has 4 rings (SSSR count). The minimum absolute atomic E-state index is 0.0813. The molecule has 3 heterocycles. The van der Waals surface area contributed by atoms with Crippen molar-refractivity contribution in [2.75, 3.05) is 38.1 Å². The van der Waals surface area contributed by atoms with Crippen molar-refractivity contribution in [1.82, 2.24) is 19.8 Å². The maximum absolute atomic E-state index is 12.4. The first-order valence-electron chi connectivity index (χ1n) is 9.59. The number of piperazine rings is 1. The average molecular weight is 375 g/mol. The highest BCUT2D eigenvalue weighted by Crippen LogP contribution is 2.14. The van der Waals surface area contributed by atoms with Crippen LogP contribution in [0.5, 0.6) is 0 Å². The predicted octanol–water partition coefficient (Wildman–Crippen LogP) is 2.55. The number of aromatic nitrogens is 2. The van der Waals surface area contributed by atoms with E-state index in [1.165, 1.54) is 0 Å². The highest BCUT2D eigenvalue weighted by atomic mass is 16.1. The summed E-state index contributed by atoms with van der Waals surface area (Å²) in [6.45, 7) is 4.58. The van der Waals surface area contributed by atoms with Crippen LogP contribution in [0.15, 0.2) is 67.1 Å². The normalized spacial score (nSPS) is 14.8. The Morgan fingerprint density at radius 2 is 1.71 bits per heavy atom. The van der Waals surface area contributed by atoms with Crippen LogP contribution in [-0.2, 0) is 6.54 Å². The molecule has 2 aromatic heterocycles. The fourth-order valence-corrected chi connectivity index (χ4v) is 3.32. The van der Waals surface area contributed by atoms with E-state index in [1.807, 2.05) is 71.7 Å². The summed E-state index contributed by atoms with van der Waals surface area (Å²) in [5, 5.41) is 2.97. The first-order chi connectivity index (χ1) is 13.7. The van der Waals surface area contributed by atoms with Gasteiger partial charge < -0.3 is 19.7 Å². The van der Waals surface area contributed by atoms with E-state index in [2.05, 4.69) is 27.1 Å². The van der Waals surface area contributed by atoms with Crippen molar-refractivity contribution in [2.45, 2.75) is 6.54 Å². The summed E-state index contributed by atoms with van der Waals surface area (Å²) in [6, 6.07) is 15.6. The smallest absolute Gasteiger partial charge is 0.251 e. The lowest BCUT2D eigenvalue weighted by molar-refractivity contribution is 0.0951. The molecule has 6 heteroatoms. The van der Waals surface area contributed by atoms with Gasteiger partial charge in [-0.3, -0.25) is 4.79 Å². The molecule has 0 atom stereocenters. The van der Waals surface area contributed by atoms with Gasteiger partial charge in [-0.05, 0) is 55.1 Å². The lowest BCUT2D eigenvalue weighted by Crippen LogP contribution is -2.44. The lowest BCUT2D eigenvalue weighted by Gasteiger charge is -2.33. The second-order valence-corrected chi connectivity index (χ2v) is 7.13. The third kappa shape index (κ3) is 4.23. The van der Waals surface area contributed by atoms with Crippen molar-refractivity contribution in [3.05, 3.63) is 78.2 Å². The fraction of sp³-hybridized carbons (Fsp3) is 0.273. The molecule has 28 heavy (non-hydrogen) atoms. The molecule has 1 aromatic carbocycles. The van der Waals surface area contributed by atoms with Crippen LogP contribution in [0.3, 0.4) is 0 Å². The third-order valence-corrected chi connectivity index (χ3v) is 5.12. The summed E-state index contributed by atoms with van der Waals surface area (Å²) >= 11 is 0. The van der Waals surface area contributed by atoms with Crippen LogP contribution >= 0.6 is 0 Å². The van der Waals surface area contributed by atoms with Gasteiger partial charge in [0.1, 0.15) is 5.82 Å². The van der Waals surface area contributed by atoms with Gasteiger partial charge in [0.25, 0.3) is 5.91 Å². The molecule has 0 saturated carbocycles. The van der Waals surface area contributed by atoms with Crippen LogP contribution < -0.4 is 10.2 Å². The number of nitrogens with one attached hydrogen (secondary N) is 1. The number of hydrogen-bond donors (Lipinski definition) is 1. The monoisotopic (exact) mass is 375 g/mol. The number of carbonyl (C=O) groups is 1. The lowest BCUT2D eigenvalue weighted by atomic mass is 10.2. The van der Waals surface area contributed by atoms with Gasteiger partial charge in [-0.25, -0.2) is 4.98 Å². The maximum Gasteiger partial charge on any atom is 0.251 e. The Morgan fingerprint density at radius 3 is 2.36 bits per heavy atom. The van der Waals surface area contributed by atoms with Crippen molar-refractivity contribution < 1.29 is 4.79 Å². The number of hydrogen-bond acceptors (Lipinski definition) is 4. The van der Waals surface area contributed by atoms with Gasteiger partial charge in [0.15, 0.2) is 0 Å². The van der Waals surface area contributed by atoms with Crippen LogP contribution in [0.2, 0.25) is 0 Å². The van der Waals surface area contributed by atoms with E-state index in [4.69, 9.17) is 0 Å². The van der Waals surface area contributed by atoms with Crippen LogP contribution in [0.1, 0.15) is 15.9 Å². The number of amides is 1. The van der Waals surface area contributed by atoms with Crippen LogP contribution in [0.25, 0.3) is 5.69 Å². The number of carbonyl (C=O) groups excluding carboxylic acids is 1. The van der Waals surface area contributed by atoms with E-state index in [0.29, 0.717) is 12.1 Å². The van der Waals surface area contributed by atoms with E-state index >= 15 is 0 Å². The highest BCUT2D eigenvalue weighted by Gasteiger charge is 2.15. The van der Waals surface area contributed by atoms with Gasteiger partial charge in [0, 0.05) is 62.6 Å². The first-order valence-corrected chi connectivity index (χ1v) is 9.59. The fourth-order valence-electron chi connectivity index (χ4n) is 3.32. The quantitative estimate of drug-likeness (QED) is 0.745. The minimum Gasteiger partial charge on any atom is -0.354 e. The number of rotatable bonds is 5. The Kier molecular flexibility index (Phi) is 5.39. The predicted molar refractivity (Wildman–Crippen MR) is 111 cm³/mol. The first kappa shape index (κ1) is 18.3. The Morgan fingerprint density at radius 1 is 1.00 bits per heavy atom. The van der Waals surface area contributed by atoms with E-state index in [-0.39, 0.29) is 5.91 Å². The number of nitrogens with zero attached hydrogens (tertiary/aromatic N) is 4. The van der Waals surface area contributed by atoms with Crippen molar-refractivity contribution in [2.24, 2.45) is 0 Å². The Balaban J connectivity index is 1.32. The second kappa shape index (κ2) is 8.27. The Hall–Kier alpha value is -3.12. The molecule has 1 saturated heterocycles. The standard InChI is InChI=1S/C22H25N5O/c1-25-12-14-27(15-13-25)21-9-4-18(16-23-21)17-24-22(28)19-5-7-20(8-6-19)26-10-2-3-11-26/h2-11,16H,12-15,17H2,1H3,(H,24,28). The summed E-state index contributed by atoms with van der Waals surface area (Å²) < 4.78 is 2.01. The Bertz CT molecular complexity index is 895. The van der Waals surface area contributed by atoms with E-state index < -0.39 is 0 Å². The second-order valence-electron chi connectivity index (χ2n) is 7.13. The molecular formula is C22H25N5O. The SMILES string of the molecule is CN1CCN(c2ccc(CNC(=O)c3ccc(-n4cccc4)cc3)cn2)CC1. The van der Waals surface area contributed by atoms with Gasteiger partial charge in [0.2, 0.25) is 0 Å². The number of anilines is 1. The van der Waals surface area contributed by atoms with Gasteiger partial charge in [-0.15, -0.1) is 0 Å². The van der Waals surface area contributed by atoms with Crippen LogP contribution in [-0.4, -0.2) is 53.6 Å². The molecule has 1 aliphatic rings. The molecule has 0 bridgehead atoms. The van der Waals surface area contributed by atoms with Crippen molar-refractivity contribution in [3.63, 3.8) is 0 Å². The van der Waals surface area contributed by atoms with E-state index in [9.17, 15) is 4.79 Å². The highest BCUT2D eigenvalue weighted by molar-refractivity contribution is 5.94. The average Bonchev–Trinajstić information content (AvgIpc) is 3.28. The summed E-state index contributed by atoms with van der Waals surface area (Å²) in [6.07, 6.45) is 5.81. The molecule has 1 amide bonds. The summed E-state index contributed by atoms with van der Waals surface area (Å²) in [5.41, 5.74) is 2.68. The van der Waals surface area contributed by atoms with Crippen molar-refractivity contribution >= 4 is 11.7 Å². The molecule has 0 radical (unpaired) electrons. The van der Waals surface area contributed by atoms with Gasteiger partial charge in [-0.1, -0.05) is 6.07 Å². The van der Waals surface area contributed by atoms with Crippen molar-refractivity contribution in [3.8, 4) is 5.69 Å². The molecule has 6 nitrogen and oxygen atoms in total. The van der Waals surface area contributed by atoms with Crippen LogP contribution in [0, 0.1) is 0 Å². The summed E-state index contributed by atoms with van der Waals surface area (Å²) in [5.74, 6) is 0.922. The van der Waals surface area contributed by atoms with Crippen LogP contribution in [0.4, 0.5) is 5.82 Å². The zero-order chi connectivity index (χ0) is 19.3. The van der Waals surface area contributed by atoms with E-state index in [1.54, 1.807) is 0 Å². The largest absolute Gasteiger partial charge is 0.354 e. The summed E-state index contributed by atoms with van der Waals surface area (Å²) in [7, 11) is 2.14. The molecular weight excluding hydrogens is 350 g/mol. The van der Waals surface area contributed by atoms with Gasteiger partial charge in [0.05, 0.1) is 0 Å². The number of likely N-dealkylation sites (N-methyl/N-ethyl adjacent to an activating group) is 1. The molecule has 1 fully saturated rings. The number of pyridine rings is 1. The molecule has 1 N–H and O–H groups in total. The zero-order valence-electron chi connectivity index (χ0n) is 16.1. The van der Waals surface area contributed by atoms with Gasteiger partial charge in [-0.2, -0.15) is 0 Å². The molecule has 0 unspecified atom stereocenters. The third-order valence-electron chi connectivity index (χ3n) is 5.12. The van der Waals surface area contributed by atoms with Crippen molar-refractivity contribution in [1.29, 1.82) is 0 Å².